The topological polar surface area (TPSA) is 144 Å². The molecule has 47 heavy (non-hydrogen) atoms. The smallest absolute Gasteiger partial charge is 0.310 e. The number of nitrogens with one attached hydrogen (secondary N) is 2. The zero-order valence-electron chi connectivity index (χ0n) is 25.2. The zero-order valence-corrected chi connectivity index (χ0v) is 26.0. The second-order valence-corrected chi connectivity index (χ2v) is 11.8. The van der Waals surface area contributed by atoms with E-state index in [1.807, 2.05) is 30.3 Å². The van der Waals surface area contributed by atoms with Gasteiger partial charge in [-0.1, -0.05) is 48.9 Å². The second-order valence-electron chi connectivity index (χ2n) is 11.3. The number of ether oxygens (including phenoxy) is 2. The van der Waals surface area contributed by atoms with Crippen LogP contribution >= 0.6 is 11.6 Å². The van der Waals surface area contributed by atoms with E-state index in [2.05, 4.69) is 20.7 Å². The van der Waals surface area contributed by atoms with Crippen molar-refractivity contribution in [3.05, 3.63) is 88.3 Å². The molecule has 2 N–H and O–H groups in total. The van der Waals surface area contributed by atoms with Gasteiger partial charge in [-0.2, -0.15) is 9.61 Å². The summed E-state index contributed by atoms with van der Waals surface area (Å²) in [5.74, 6) is -2.98. The second kappa shape index (κ2) is 13.6. The van der Waals surface area contributed by atoms with E-state index in [-0.39, 0.29) is 36.8 Å². The number of nitrogens with zero attached hydrogens (tertiary/aromatic N) is 4. The summed E-state index contributed by atoms with van der Waals surface area (Å²) in [6, 6.07) is 15.2. The van der Waals surface area contributed by atoms with Crippen molar-refractivity contribution in [2.24, 2.45) is 5.92 Å². The minimum Gasteiger partial charge on any atom is -0.461 e. The molecule has 1 saturated heterocycles. The molecule has 2 fully saturated rings. The van der Waals surface area contributed by atoms with Crippen molar-refractivity contribution in [1.82, 2.24) is 19.5 Å². The summed E-state index contributed by atoms with van der Waals surface area (Å²) in [6.45, 7) is 0.977. The molecule has 1 unspecified atom stereocenters. The molecule has 2 amide bonds. The van der Waals surface area contributed by atoms with Gasteiger partial charge in [0.15, 0.2) is 12.4 Å². The SMILES string of the molecule is CC(CC(=O)OCc1ccccc1)C(=O)OCN1C(=O)C/C(=C\c2cnn3c(NC4CC4)cc(Nc4cc(Cl)ccc4F)nc23)C1=O. The maximum atomic E-state index is 14.5. The van der Waals surface area contributed by atoms with E-state index in [1.54, 1.807) is 10.6 Å². The quantitative estimate of drug-likeness (QED) is 0.117. The molecule has 1 atom stereocenters. The van der Waals surface area contributed by atoms with Crippen LogP contribution in [0.5, 0.6) is 0 Å². The number of benzene rings is 2. The van der Waals surface area contributed by atoms with E-state index in [4.69, 9.17) is 21.1 Å². The third-order valence-electron chi connectivity index (χ3n) is 7.57. The van der Waals surface area contributed by atoms with Crippen LogP contribution in [0.15, 0.2) is 66.4 Å². The Morgan fingerprint density at radius 1 is 1.13 bits per heavy atom. The third kappa shape index (κ3) is 7.58. The summed E-state index contributed by atoms with van der Waals surface area (Å²) < 4.78 is 26.5. The average Bonchev–Trinajstić information content (AvgIpc) is 3.72. The molecule has 0 bridgehead atoms. The fraction of sp³-hybridized carbons (Fsp3) is 0.273. The number of aromatic nitrogens is 3. The fourth-order valence-electron chi connectivity index (χ4n) is 4.87. The van der Waals surface area contributed by atoms with Gasteiger partial charge < -0.3 is 20.1 Å². The summed E-state index contributed by atoms with van der Waals surface area (Å²) in [5.41, 5.74) is 1.89. The van der Waals surface area contributed by atoms with Crippen LogP contribution in [-0.2, 0) is 35.3 Å². The molecular weight excluding hydrogens is 631 g/mol. The van der Waals surface area contributed by atoms with Gasteiger partial charge in [-0.15, -0.1) is 0 Å². The van der Waals surface area contributed by atoms with Gasteiger partial charge >= 0.3 is 11.9 Å². The number of hydrogen-bond donors (Lipinski definition) is 2. The number of anilines is 3. The first-order valence-electron chi connectivity index (χ1n) is 14.9. The number of halogens is 2. The van der Waals surface area contributed by atoms with Crippen molar-refractivity contribution in [3.63, 3.8) is 0 Å². The molecule has 0 spiro atoms. The minimum atomic E-state index is -0.854. The van der Waals surface area contributed by atoms with Crippen molar-refractivity contribution in [3.8, 4) is 0 Å². The number of amides is 2. The van der Waals surface area contributed by atoms with Crippen LogP contribution in [0, 0.1) is 11.7 Å². The van der Waals surface area contributed by atoms with Crippen LogP contribution in [0.1, 0.15) is 43.7 Å². The minimum absolute atomic E-state index is 0.0756. The summed E-state index contributed by atoms with van der Waals surface area (Å²) >= 11 is 6.06. The molecule has 6 rings (SSSR count). The first kappa shape index (κ1) is 31.7. The first-order chi connectivity index (χ1) is 22.6. The number of imide groups is 1. The van der Waals surface area contributed by atoms with Gasteiger partial charge in [0.25, 0.3) is 5.91 Å². The Morgan fingerprint density at radius 3 is 2.68 bits per heavy atom. The molecule has 14 heteroatoms. The van der Waals surface area contributed by atoms with Gasteiger partial charge in [0, 0.05) is 28.3 Å². The average molecular weight is 661 g/mol. The molecule has 2 aliphatic rings. The van der Waals surface area contributed by atoms with E-state index >= 15 is 0 Å². The van der Waals surface area contributed by atoms with Crippen LogP contribution in [0.4, 0.5) is 21.7 Å². The summed E-state index contributed by atoms with van der Waals surface area (Å²) in [5, 5.41) is 11.1. The molecule has 1 aliphatic heterocycles. The summed E-state index contributed by atoms with van der Waals surface area (Å²) in [4.78, 5) is 56.2. The van der Waals surface area contributed by atoms with Crippen LogP contribution in [-0.4, -0.2) is 56.0 Å². The molecule has 2 aromatic heterocycles. The molecule has 0 radical (unpaired) electrons. The molecule has 1 aliphatic carbocycles. The van der Waals surface area contributed by atoms with E-state index in [1.165, 1.54) is 37.4 Å². The van der Waals surface area contributed by atoms with Gasteiger partial charge in [-0.3, -0.25) is 19.2 Å². The lowest BCUT2D eigenvalue weighted by Gasteiger charge is -2.16. The molecular formula is C33H30ClFN6O6. The highest BCUT2D eigenvalue weighted by atomic mass is 35.5. The molecule has 4 aromatic rings. The Kier molecular flexibility index (Phi) is 9.16. The van der Waals surface area contributed by atoms with E-state index in [0.717, 1.165) is 23.3 Å². The van der Waals surface area contributed by atoms with Gasteiger partial charge in [-0.25, -0.2) is 14.3 Å². The predicted molar refractivity (Wildman–Crippen MR) is 170 cm³/mol. The first-order valence-corrected chi connectivity index (χ1v) is 15.3. The number of fused-ring (bicyclic) bond motifs is 1. The van der Waals surface area contributed by atoms with E-state index in [9.17, 15) is 23.6 Å². The maximum Gasteiger partial charge on any atom is 0.310 e. The highest BCUT2D eigenvalue weighted by Gasteiger charge is 2.35. The van der Waals surface area contributed by atoms with E-state index in [0.29, 0.717) is 27.9 Å². The van der Waals surface area contributed by atoms with Gasteiger partial charge in [0.05, 0.1) is 30.6 Å². The molecule has 3 heterocycles. The predicted octanol–water partition coefficient (Wildman–Crippen LogP) is 5.25. The number of carbonyl (C=O) groups excluding carboxylic acids is 4. The summed E-state index contributed by atoms with van der Waals surface area (Å²) in [7, 11) is 0. The number of rotatable bonds is 12. The standard InChI is InChI=1S/C33H30ClFN6O6/c1-19(11-30(43)46-17-20-5-3-2-4-6-20)33(45)47-18-40-29(42)13-21(32(40)44)12-22-16-36-41-28(37-24-8-9-24)15-27(39-31(22)41)38-26-14-23(34)7-10-25(26)35/h2-7,10,12,14-16,19,24,37H,8-9,11,13,17-18H2,1H3,(H,38,39)/b21-12+. The Bertz CT molecular complexity index is 1890. The summed E-state index contributed by atoms with van der Waals surface area (Å²) in [6.07, 6.45) is 4.54. The largest absolute Gasteiger partial charge is 0.461 e. The van der Waals surface area contributed by atoms with E-state index < -0.39 is 42.2 Å². The Labute approximate surface area is 273 Å². The van der Waals surface area contributed by atoms with Crippen molar-refractivity contribution in [1.29, 1.82) is 0 Å². The Morgan fingerprint density at radius 2 is 1.91 bits per heavy atom. The van der Waals surface area contributed by atoms with Gasteiger partial charge in [0.1, 0.15) is 24.1 Å². The number of likely N-dealkylation sites (tertiary alicyclic amines) is 1. The Hall–Kier alpha value is -5.30. The zero-order chi connectivity index (χ0) is 33.1. The molecule has 1 saturated carbocycles. The van der Waals surface area contributed by atoms with Crippen molar-refractivity contribution >= 4 is 64.4 Å². The highest BCUT2D eigenvalue weighted by Crippen LogP contribution is 2.30. The highest BCUT2D eigenvalue weighted by molar-refractivity contribution is 6.30. The Balaban J connectivity index is 1.13. The normalized spacial score (nSPS) is 16.1. The van der Waals surface area contributed by atoms with Crippen LogP contribution < -0.4 is 10.6 Å². The monoisotopic (exact) mass is 660 g/mol. The van der Waals surface area contributed by atoms with Crippen LogP contribution in [0.25, 0.3) is 11.7 Å². The third-order valence-corrected chi connectivity index (χ3v) is 7.80. The van der Waals surface area contributed by atoms with Crippen LogP contribution in [0.2, 0.25) is 5.02 Å². The van der Waals surface area contributed by atoms with Crippen molar-refractivity contribution in [2.75, 3.05) is 17.4 Å². The number of carbonyl (C=O) groups is 4. The number of hydrogen-bond acceptors (Lipinski definition) is 10. The lowest BCUT2D eigenvalue weighted by atomic mass is 10.1. The van der Waals surface area contributed by atoms with Gasteiger partial charge in [-0.05, 0) is 42.7 Å². The number of esters is 2. The molecule has 2 aromatic carbocycles. The van der Waals surface area contributed by atoms with Crippen molar-refractivity contribution < 1.29 is 33.0 Å². The molecule has 12 nitrogen and oxygen atoms in total. The molecule has 242 valence electrons. The lowest BCUT2D eigenvalue weighted by Crippen LogP contribution is -2.34. The lowest BCUT2D eigenvalue weighted by molar-refractivity contribution is -0.161. The fourth-order valence-corrected chi connectivity index (χ4v) is 5.04. The maximum absolute atomic E-state index is 14.5. The van der Waals surface area contributed by atoms with Crippen molar-refractivity contribution in [2.45, 2.75) is 45.3 Å². The van der Waals surface area contributed by atoms with Gasteiger partial charge in [0.2, 0.25) is 5.91 Å². The van der Waals surface area contributed by atoms with Crippen LogP contribution in [0.3, 0.4) is 0 Å².